The van der Waals surface area contributed by atoms with Crippen LogP contribution in [0.4, 0.5) is 9.59 Å². The molecule has 2 aliphatic heterocycles. The molecule has 3 rings (SSSR count). The molecule has 0 radical (unpaired) electrons. The maximum Gasteiger partial charge on any atom is 0.410 e. The molecule has 0 unspecified atom stereocenters. The largest absolute Gasteiger partial charge is 0.481 e. The Labute approximate surface area is 240 Å². The van der Waals surface area contributed by atoms with Gasteiger partial charge in [0.25, 0.3) is 0 Å². The molecule has 2 saturated heterocycles. The number of hydrogen-bond acceptors (Lipinski definition) is 9. The Morgan fingerprint density at radius 1 is 1.15 bits per heavy atom. The number of aliphatic hydroxyl groups excluding tert-OH is 1. The first kappa shape index (κ1) is 33.1. The third kappa shape index (κ3) is 11.1. The maximum atomic E-state index is 13.0. The predicted octanol–water partition coefficient (Wildman–Crippen LogP) is 2.85. The van der Waals surface area contributed by atoms with E-state index in [4.69, 9.17) is 33.5 Å². The molecular formula is C27H43N2O11P. The topological polar surface area (TPSA) is 173 Å². The van der Waals surface area contributed by atoms with Crippen molar-refractivity contribution in [1.29, 1.82) is 0 Å². The van der Waals surface area contributed by atoms with Crippen LogP contribution in [0.5, 0.6) is 5.75 Å². The molecule has 2 heterocycles. The fourth-order valence-electron chi connectivity index (χ4n) is 4.63. The van der Waals surface area contributed by atoms with E-state index >= 15 is 0 Å². The predicted molar refractivity (Wildman–Crippen MR) is 147 cm³/mol. The number of aliphatic hydroxyl groups is 1. The van der Waals surface area contributed by atoms with Crippen LogP contribution in [0.15, 0.2) is 24.3 Å². The van der Waals surface area contributed by atoms with Gasteiger partial charge in [0.1, 0.15) is 17.5 Å². The zero-order valence-electron chi connectivity index (χ0n) is 24.2. The number of ether oxygens (including phenoxy) is 5. The Morgan fingerprint density at radius 2 is 1.83 bits per heavy atom. The van der Waals surface area contributed by atoms with Gasteiger partial charge >= 0.3 is 19.8 Å². The smallest absolute Gasteiger partial charge is 0.410 e. The van der Waals surface area contributed by atoms with E-state index in [1.54, 1.807) is 32.9 Å². The van der Waals surface area contributed by atoms with Crippen LogP contribution in [-0.2, 0) is 29.9 Å². The highest BCUT2D eigenvalue weighted by Gasteiger charge is 2.44. The lowest BCUT2D eigenvalue weighted by molar-refractivity contribution is -0.0907. The number of nitrogens with one attached hydrogen (secondary N) is 1. The summed E-state index contributed by atoms with van der Waals surface area (Å²) in [6, 6.07) is 5.53. The molecule has 2 aliphatic rings. The molecule has 0 aliphatic carbocycles. The molecule has 14 heteroatoms. The Kier molecular flexibility index (Phi) is 11.4. The SMILES string of the molecule is CC(C)CN(C[C@@H](O)[C@H](Cc1ccc(OCP(=O)(O)O)cc1)NC(=O)O[C@H]1CO[C@H]2OCC[C@H]21)C(=O)OC(C)(C)C. The molecule has 2 fully saturated rings. The molecule has 232 valence electrons. The highest BCUT2D eigenvalue weighted by molar-refractivity contribution is 7.51. The lowest BCUT2D eigenvalue weighted by Gasteiger charge is -2.32. The molecule has 0 bridgehead atoms. The van der Waals surface area contributed by atoms with Gasteiger partial charge < -0.3 is 48.8 Å². The summed E-state index contributed by atoms with van der Waals surface area (Å²) in [5.41, 5.74) is -0.0351. The molecule has 5 atom stereocenters. The van der Waals surface area contributed by atoms with E-state index in [1.165, 1.54) is 17.0 Å². The average Bonchev–Trinajstić information content (AvgIpc) is 3.46. The molecule has 41 heavy (non-hydrogen) atoms. The third-order valence-electron chi connectivity index (χ3n) is 6.43. The molecule has 13 nitrogen and oxygen atoms in total. The maximum absolute atomic E-state index is 13.0. The second-order valence-electron chi connectivity index (χ2n) is 11.9. The van der Waals surface area contributed by atoms with Crippen molar-refractivity contribution in [2.24, 2.45) is 11.8 Å². The minimum Gasteiger partial charge on any atom is -0.481 e. The van der Waals surface area contributed by atoms with Crippen molar-refractivity contribution in [3.63, 3.8) is 0 Å². The van der Waals surface area contributed by atoms with Crippen molar-refractivity contribution in [1.82, 2.24) is 10.2 Å². The highest BCUT2D eigenvalue weighted by atomic mass is 31.2. The first-order valence-electron chi connectivity index (χ1n) is 13.7. The molecule has 4 N–H and O–H groups in total. The van der Waals surface area contributed by atoms with Gasteiger partial charge in [-0.25, -0.2) is 9.59 Å². The number of hydrogen-bond donors (Lipinski definition) is 4. The van der Waals surface area contributed by atoms with Gasteiger partial charge in [0.2, 0.25) is 0 Å². The van der Waals surface area contributed by atoms with Gasteiger partial charge in [-0.05, 0) is 57.2 Å². The van der Waals surface area contributed by atoms with Crippen LogP contribution in [0.25, 0.3) is 0 Å². The summed E-state index contributed by atoms with van der Waals surface area (Å²) in [6.07, 6.45) is -3.25. The average molecular weight is 603 g/mol. The standard InChI is InChI=1S/C27H43N2O11P/c1-17(2)13-29(26(32)40-27(3,4)5)14-22(30)21(12-18-6-8-19(9-7-18)38-16-41(33,34)35)28-25(31)39-23-15-37-24-20(23)10-11-36-24/h6-9,17,20-24,30H,10-16H2,1-5H3,(H,28,31)(H2,33,34,35)/t20-,21-,22+,23-,24+/m0/s1. The van der Waals surface area contributed by atoms with Gasteiger partial charge in [0, 0.05) is 6.54 Å². The van der Waals surface area contributed by atoms with Gasteiger partial charge in [-0.1, -0.05) is 26.0 Å². The summed E-state index contributed by atoms with van der Waals surface area (Å²) < 4.78 is 38.4. The van der Waals surface area contributed by atoms with Gasteiger partial charge in [0.05, 0.1) is 37.8 Å². The minimum atomic E-state index is -4.34. The van der Waals surface area contributed by atoms with Crippen molar-refractivity contribution in [2.45, 2.75) is 77.6 Å². The van der Waals surface area contributed by atoms with E-state index in [0.717, 1.165) is 0 Å². The van der Waals surface area contributed by atoms with Crippen LogP contribution in [0.3, 0.4) is 0 Å². The molecule has 2 amide bonds. The number of amides is 2. The molecule has 0 saturated carbocycles. The summed E-state index contributed by atoms with van der Waals surface area (Å²) in [4.78, 5) is 45.4. The zero-order chi connectivity index (χ0) is 30.4. The molecule has 1 aromatic carbocycles. The number of carbonyl (C=O) groups is 2. The van der Waals surface area contributed by atoms with E-state index < -0.39 is 50.0 Å². The number of nitrogens with zero attached hydrogens (tertiary/aromatic N) is 1. The van der Waals surface area contributed by atoms with E-state index in [2.05, 4.69) is 5.32 Å². The third-order valence-corrected chi connectivity index (χ3v) is 6.90. The summed E-state index contributed by atoms with van der Waals surface area (Å²) >= 11 is 0. The first-order valence-corrected chi connectivity index (χ1v) is 15.5. The van der Waals surface area contributed by atoms with Crippen molar-refractivity contribution >= 4 is 19.8 Å². The van der Waals surface area contributed by atoms with E-state index in [9.17, 15) is 19.3 Å². The van der Waals surface area contributed by atoms with Gasteiger partial charge in [-0.3, -0.25) is 4.57 Å². The fourth-order valence-corrected chi connectivity index (χ4v) is 4.95. The minimum absolute atomic E-state index is 0.0569. The van der Waals surface area contributed by atoms with Crippen molar-refractivity contribution < 1.29 is 52.7 Å². The summed E-state index contributed by atoms with van der Waals surface area (Å²) in [5.74, 6) is 0.290. The van der Waals surface area contributed by atoms with Crippen molar-refractivity contribution in [2.75, 3.05) is 32.7 Å². The first-order chi connectivity index (χ1) is 19.1. The number of fused-ring (bicyclic) bond motifs is 1. The zero-order valence-corrected chi connectivity index (χ0v) is 25.1. The van der Waals surface area contributed by atoms with Gasteiger partial charge in [-0.15, -0.1) is 0 Å². The molecule has 0 spiro atoms. The van der Waals surface area contributed by atoms with E-state index in [0.29, 0.717) is 25.1 Å². The van der Waals surface area contributed by atoms with Crippen molar-refractivity contribution in [3.05, 3.63) is 29.8 Å². The van der Waals surface area contributed by atoms with Crippen LogP contribution in [0.2, 0.25) is 0 Å². The molecule has 1 aromatic rings. The number of carbonyl (C=O) groups excluding carboxylic acids is 2. The molecular weight excluding hydrogens is 559 g/mol. The lowest BCUT2D eigenvalue weighted by Crippen LogP contribution is -2.52. The summed E-state index contributed by atoms with van der Waals surface area (Å²) in [6.45, 7) is 10.1. The second-order valence-corrected chi connectivity index (χ2v) is 13.4. The number of benzene rings is 1. The van der Waals surface area contributed by atoms with Crippen LogP contribution < -0.4 is 10.1 Å². The Bertz CT molecular complexity index is 1060. The highest BCUT2D eigenvalue weighted by Crippen LogP contribution is 2.35. The van der Waals surface area contributed by atoms with Crippen LogP contribution in [-0.4, -0.2) is 94.8 Å². The Morgan fingerprint density at radius 3 is 2.44 bits per heavy atom. The Balaban J connectivity index is 1.73. The van der Waals surface area contributed by atoms with Crippen LogP contribution in [0.1, 0.15) is 46.6 Å². The van der Waals surface area contributed by atoms with Crippen LogP contribution in [0, 0.1) is 11.8 Å². The molecule has 0 aromatic heterocycles. The van der Waals surface area contributed by atoms with Crippen LogP contribution >= 0.6 is 7.60 Å². The fraction of sp³-hybridized carbons (Fsp3) is 0.704. The Hall–Kier alpha value is -2.41. The van der Waals surface area contributed by atoms with E-state index in [-0.39, 0.29) is 43.4 Å². The second kappa shape index (κ2) is 14.2. The lowest BCUT2D eigenvalue weighted by atomic mass is 10.0. The number of rotatable bonds is 12. The van der Waals surface area contributed by atoms with E-state index in [1.807, 2.05) is 13.8 Å². The quantitative estimate of drug-likeness (QED) is 0.259. The monoisotopic (exact) mass is 602 g/mol. The summed E-state index contributed by atoms with van der Waals surface area (Å²) in [7, 11) is -4.34. The normalized spacial score (nSPS) is 22.1. The van der Waals surface area contributed by atoms with Crippen molar-refractivity contribution in [3.8, 4) is 5.75 Å². The van der Waals surface area contributed by atoms with Gasteiger partial charge in [0.15, 0.2) is 12.6 Å². The van der Waals surface area contributed by atoms with Gasteiger partial charge in [-0.2, -0.15) is 0 Å². The number of alkyl carbamates (subject to hydrolysis) is 1. The summed E-state index contributed by atoms with van der Waals surface area (Å²) in [5, 5.41) is 14.1.